The molecule has 0 aliphatic heterocycles. The highest BCUT2D eigenvalue weighted by molar-refractivity contribution is 6.24. The maximum atomic E-state index is 12.1. The van der Waals surface area contributed by atoms with Gasteiger partial charge in [0.25, 0.3) is 0 Å². The summed E-state index contributed by atoms with van der Waals surface area (Å²) in [5.74, 6) is -0.0195. The van der Waals surface area contributed by atoms with Crippen molar-refractivity contribution in [3.63, 3.8) is 0 Å². The second-order valence-electron chi connectivity index (χ2n) is 4.70. The zero-order chi connectivity index (χ0) is 13.1. The van der Waals surface area contributed by atoms with Crippen molar-refractivity contribution in [1.29, 1.82) is 0 Å². The Morgan fingerprint density at radius 2 is 1.83 bits per heavy atom. The molecule has 2 rings (SSSR count). The third kappa shape index (κ3) is 2.28. The van der Waals surface area contributed by atoms with Crippen LogP contribution in [0.1, 0.15) is 59.4 Å². The number of carbonyl (C=O) groups excluding carboxylic acids is 2. The lowest BCUT2D eigenvalue weighted by Gasteiger charge is -2.15. The SMILES string of the molecule is CCCCc1ccc2c(c1)C(=O)C=C(CC)C2=O. The smallest absolute Gasteiger partial charge is 0.189 e. The van der Waals surface area contributed by atoms with Gasteiger partial charge in [-0.05, 0) is 37.0 Å². The van der Waals surface area contributed by atoms with Crippen molar-refractivity contribution in [1.82, 2.24) is 0 Å². The first-order valence-corrected chi connectivity index (χ1v) is 6.59. The van der Waals surface area contributed by atoms with Crippen LogP contribution in [0.25, 0.3) is 0 Å². The van der Waals surface area contributed by atoms with E-state index in [0.29, 0.717) is 23.1 Å². The molecule has 0 amide bonds. The first kappa shape index (κ1) is 12.7. The Balaban J connectivity index is 2.37. The molecule has 0 fully saturated rings. The highest BCUT2D eigenvalue weighted by atomic mass is 16.1. The number of hydrogen-bond acceptors (Lipinski definition) is 2. The normalized spacial score (nSPS) is 14.4. The lowest BCUT2D eigenvalue weighted by atomic mass is 9.87. The maximum absolute atomic E-state index is 12.1. The molecule has 0 atom stereocenters. The first-order chi connectivity index (χ1) is 8.67. The number of benzene rings is 1. The van der Waals surface area contributed by atoms with Crippen molar-refractivity contribution in [3.05, 3.63) is 46.5 Å². The number of aryl methyl sites for hydroxylation is 1. The third-order valence-electron chi connectivity index (χ3n) is 3.39. The Morgan fingerprint density at radius 1 is 1.06 bits per heavy atom. The van der Waals surface area contributed by atoms with E-state index >= 15 is 0 Å². The Hall–Kier alpha value is -1.70. The topological polar surface area (TPSA) is 34.1 Å². The molecule has 18 heavy (non-hydrogen) atoms. The van der Waals surface area contributed by atoms with Crippen LogP contribution in [-0.4, -0.2) is 11.6 Å². The number of ketones is 2. The maximum Gasteiger partial charge on any atom is 0.189 e. The average molecular weight is 242 g/mol. The minimum atomic E-state index is -0.0280. The fraction of sp³-hybridized carbons (Fsp3) is 0.375. The van der Waals surface area contributed by atoms with E-state index in [1.165, 1.54) is 6.08 Å². The molecule has 0 radical (unpaired) electrons. The number of allylic oxidation sites excluding steroid dienone is 2. The van der Waals surface area contributed by atoms with Gasteiger partial charge in [0.05, 0.1) is 0 Å². The van der Waals surface area contributed by atoms with Gasteiger partial charge < -0.3 is 0 Å². The number of Topliss-reactive ketones (excluding diaryl/α,β-unsaturated/α-hetero) is 1. The van der Waals surface area contributed by atoms with Crippen LogP contribution in [-0.2, 0) is 6.42 Å². The quantitative estimate of drug-likeness (QED) is 0.806. The Bertz CT molecular complexity index is 524. The highest BCUT2D eigenvalue weighted by Gasteiger charge is 2.24. The Morgan fingerprint density at radius 3 is 2.50 bits per heavy atom. The largest absolute Gasteiger partial charge is 0.289 e. The van der Waals surface area contributed by atoms with Crippen molar-refractivity contribution in [2.45, 2.75) is 39.5 Å². The van der Waals surface area contributed by atoms with Gasteiger partial charge >= 0.3 is 0 Å². The molecule has 1 aliphatic rings. The molecular weight excluding hydrogens is 224 g/mol. The summed E-state index contributed by atoms with van der Waals surface area (Å²) in [5.41, 5.74) is 2.91. The molecule has 2 heteroatoms. The van der Waals surface area contributed by atoms with Crippen LogP contribution in [0.5, 0.6) is 0 Å². The summed E-state index contributed by atoms with van der Waals surface area (Å²) in [6, 6.07) is 5.66. The van der Waals surface area contributed by atoms with E-state index < -0.39 is 0 Å². The second kappa shape index (κ2) is 5.30. The molecule has 2 nitrogen and oxygen atoms in total. The fourth-order valence-electron chi connectivity index (χ4n) is 2.27. The Labute approximate surface area is 108 Å². The predicted octanol–water partition coefficient (Wildman–Crippen LogP) is 3.74. The summed E-state index contributed by atoms with van der Waals surface area (Å²) >= 11 is 0. The molecule has 0 saturated carbocycles. The lowest BCUT2D eigenvalue weighted by Crippen LogP contribution is -2.17. The summed E-state index contributed by atoms with van der Waals surface area (Å²) in [5, 5.41) is 0. The summed E-state index contributed by atoms with van der Waals surface area (Å²) in [6.07, 6.45) is 5.31. The van der Waals surface area contributed by atoms with Crippen molar-refractivity contribution in [3.8, 4) is 0 Å². The number of unbranched alkanes of at least 4 members (excludes halogenated alkanes) is 1. The average Bonchev–Trinajstić information content (AvgIpc) is 2.40. The molecular formula is C16H18O2. The molecule has 0 N–H and O–H groups in total. The standard InChI is InChI=1S/C16H18O2/c1-3-5-6-11-7-8-13-14(9-11)15(17)10-12(4-2)16(13)18/h7-10H,3-6H2,1-2H3. The molecule has 0 saturated heterocycles. The van der Waals surface area contributed by atoms with Gasteiger partial charge in [0.2, 0.25) is 0 Å². The van der Waals surface area contributed by atoms with Crippen LogP contribution >= 0.6 is 0 Å². The summed E-state index contributed by atoms with van der Waals surface area (Å²) in [6.45, 7) is 4.04. The minimum Gasteiger partial charge on any atom is -0.289 e. The van der Waals surface area contributed by atoms with E-state index in [2.05, 4.69) is 6.92 Å². The number of carbonyl (C=O) groups is 2. The van der Waals surface area contributed by atoms with Crippen LogP contribution in [0.2, 0.25) is 0 Å². The summed E-state index contributed by atoms with van der Waals surface area (Å²) in [4.78, 5) is 24.1. The van der Waals surface area contributed by atoms with E-state index in [-0.39, 0.29) is 11.6 Å². The van der Waals surface area contributed by atoms with E-state index in [1.807, 2.05) is 25.1 Å². The van der Waals surface area contributed by atoms with Crippen molar-refractivity contribution >= 4 is 11.6 Å². The van der Waals surface area contributed by atoms with Gasteiger partial charge in [-0.25, -0.2) is 0 Å². The molecule has 0 aromatic heterocycles. The summed E-state index contributed by atoms with van der Waals surface area (Å²) in [7, 11) is 0. The van der Waals surface area contributed by atoms with Gasteiger partial charge in [-0.15, -0.1) is 0 Å². The zero-order valence-corrected chi connectivity index (χ0v) is 11.0. The minimum absolute atomic E-state index is 0.00846. The highest BCUT2D eigenvalue weighted by Crippen LogP contribution is 2.24. The summed E-state index contributed by atoms with van der Waals surface area (Å²) < 4.78 is 0. The monoisotopic (exact) mass is 242 g/mol. The van der Waals surface area contributed by atoms with Crippen molar-refractivity contribution < 1.29 is 9.59 Å². The molecule has 0 spiro atoms. The Kier molecular flexibility index (Phi) is 3.75. The molecule has 0 bridgehead atoms. The van der Waals surface area contributed by atoms with Gasteiger partial charge in [0, 0.05) is 16.7 Å². The fourth-order valence-corrected chi connectivity index (χ4v) is 2.27. The predicted molar refractivity (Wildman–Crippen MR) is 72.1 cm³/mol. The van der Waals surface area contributed by atoms with E-state index in [1.54, 1.807) is 0 Å². The number of hydrogen-bond donors (Lipinski definition) is 0. The van der Waals surface area contributed by atoms with Gasteiger partial charge in [-0.3, -0.25) is 9.59 Å². The van der Waals surface area contributed by atoms with Gasteiger partial charge in [-0.2, -0.15) is 0 Å². The van der Waals surface area contributed by atoms with E-state index in [0.717, 1.165) is 24.8 Å². The number of fused-ring (bicyclic) bond motifs is 1. The van der Waals surface area contributed by atoms with Crippen LogP contribution < -0.4 is 0 Å². The zero-order valence-electron chi connectivity index (χ0n) is 11.0. The molecule has 0 unspecified atom stereocenters. The molecule has 0 heterocycles. The van der Waals surface area contributed by atoms with Gasteiger partial charge in [0.1, 0.15) is 0 Å². The van der Waals surface area contributed by atoms with Crippen LogP contribution in [0.3, 0.4) is 0 Å². The molecule has 1 aromatic carbocycles. The van der Waals surface area contributed by atoms with Gasteiger partial charge in [-0.1, -0.05) is 32.4 Å². The molecule has 1 aromatic rings. The van der Waals surface area contributed by atoms with E-state index in [9.17, 15) is 9.59 Å². The molecule has 94 valence electrons. The van der Waals surface area contributed by atoms with Crippen molar-refractivity contribution in [2.75, 3.05) is 0 Å². The van der Waals surface area contributed by atoms with Crippen LogP contribution in [0, 0.1) is 0 Å². The van der Waals surface area contributed by atoms with Gasteiger partial charge in [0.15, 0.2) is 11.6 Å². The lowest BCUT2D eigenvalue weighted by molar-refractivity contribution is 0.0982. The third-order valence-corrected chi connectivity index (χ3v) is 3.39. The van der Waals surface area contributed by atoms with E-state index in [4.69, 9.17) is 0 Å². The second-order valence-corrected chi connectivity index (χ2v) is 4.70. The van der Waals surface area contributed by atoms with Crippen molar-refractivity contribution in [2.24, 2.45) is 0 Å². The number of rotatable bonds is 4. The van der Waals surface area contributed by atoms with Crippen LogP contribution in [0.4, 0.5) is 0 Å². The van der Waals surface area contributed by atoms with Crippen LogP contribution in [0.15, 0.2) is 29.8 Å². The molecule has 1 aliphatic carbocycles. The first-order valence-electron chi connectivity index (χ1n) is 6.59.